The van der Waals surface area contributed by atoms with Gasteiger partial charge in [0.05, 0.1) is 11.6 Å². The molecule has 0 aliphatic rings. The number of hydrogen-bond acceptors (Lipinski definition) is 1. The Labute approximate surface area is 102 Å². The second kappa shape index (κ2) is 4.52. The van der Waals surface area contributed by atoms with Crippen molar-refractivity contribution in [2.75, 3.05) is 0 Å². The molecule has 0 heterocycles. The van der Waals surface area contributed by atoms with Crippen LogP contribution in [0.25, 0.3) is 11.1 Å². The maximum Gasteiger partial charge on any atom is 0.131 e. The Balaban J connectivity index is 2.61. The fraction of sp³-hybridized carbons (Fsp3) is 0. The predicted octanol–water partition coefficient (Wildman–Crippen LogP) is 4.16. The number of nitrogens with zero attached hydrogens (tertiary/aromatic N) is 1. The molecule has 84 valence electrons. The molecule has 0 aromatic heterocycles. The topological polar surface area (TPSA) is 23.8 Å². The Hall–Kier alpha value is -1.92. The molecule has 0 radical (unpaired) electrons. The first kappa shape index (κ1) is 11.6. The van der Waals surface area contributed by atoms with E-state index in [1.54, 1.807) is 0 Å². The van der Waals surface area contributed by atoms with Gasteiger partial charge in [-0.25, -0.2) is 8.78 Å². The molecule has 17 heavy (non-hydrogen) atoms. The summed E-state index contributed by atoms with van der Waals surface area (Å²) in [6.45, 7) is 0. The summed E-state index contributed by atoms with van der Waals surface area (Å²) in [5, 5.41) is 8.90. The summed E-state index contributed by atoms with van der Waals surface area (Å²) in [5.41, 5.74) is 0.817. The van der Waals surface area contributed by atoms with E-state index < -0.39 is 11.6 Å². The Morgan fingerprint density at radius 3 is 2.41 bits per heavy atom. The molecule has 0 saturated heterocycles. The van der Waals surface area contributed by atoms with Gasteiger partial charge in [0.15, 0.2) is 0 Å². The SMILES string of the molecule is N#Cc1ccc(-c2cc(F)ccc2F)c(Cl)c1. The molecular formula is C13H6ClF2N. The van der Waals surface area contributed by atoms with Gasteiger partial charge in [-0.15, -0.1) is 0 Å². The van der Waals surface area contributed by atoms with E-state index in [1.165, 1.54) is 18.2 Å². The van der Waals surface area contributed by atoms with Crippen molar-refractivity contribution in [2.45, 2.75) is 0 Å². The van der Waals surface area contributed by atoms with Crippen molar-refractivity contribution in [3.63, 3.8) is 0 Å². The zero-order chi connectivity index (χ0) is 12.4. The highest BCUT2D eigenvalue weighted by atomic mass is 35.5. The van der Waals surface area contributed by atoms with E-state index in [4.69, 9.17) is 16.9 Å². The molecule has 0 N–H and O–H groups in total. The number of halogens is 3. The highest BCUT2D eigenvalue weighted by Gasteiger charge is 2.10. The zero-order valence-electron chi connectivity index (χ0n) is 8.55. The normalized spacial score (nSPS) is 10.0. The predicted molar refractivity (Wildman–Crippen MR) is 61.5 cm³/mol. The molecule has 0 aliphatic heterocycles. The van der Waals surface area contributed by atoms with Crippen molar-refractivity contribution in [1.82, 2.24) is 0 Å². The molecule has 0 atom stereocenters. The molecule has 2 rings (SSSR count). The fourth-order valence-corrected chi connectivity index (χ4v) is 1.79. The van der Waals surface area contributed by atoms with Gasteiger partial charge in [-0.05, 0) is 30.3 Å². The third-order valence-corrected chi connectivity index (χ3v) is 2.63. The maximum absolute atomic E-state index is 13.5. The molecule has 2 aromatic rings. The highest BCUT2D eigenvalue weighted by molar-refractivity contribution is 6.33. The Bertz CT molecular complexity index is 617. The van der Waals surface area contributed by atoms with E-state index in [2.05, 4.69) is 0 Å². The number of rotatable bonds is 1. The molecule has 0 spiro atoms. The van der Waals surface area contributed by atoms with Crippen molar-refractivity contribution in [3.05, 3.63) is 58.6 Å². The van der Waals surface area contributed by atoms with E-state index in [-0.39, 0.29) is 10.6 Å². The number of nitriles is 1. The van der Waals surface area contributed by atoms with Gasteiger partial charge in [-0.3, -0.25) is 0 Å². The molecular weight excluding hydrogens is 244 g/mol. The van der Waals surface area contributed by atoms with Crippen LogP contribution in [0.1, 0.15) is 5.56 Å². The average Bonchev–Trinajstić information content (AvgIpc) is 2.32. The first-order chi connectivity index (χ1) is 8.11. The van der Waals surface area contributed by atoms with E-state index in [1.807, 2.05) is 6.07 Å². The number of hydrogen-bond donors (Lipinski definition) is 0. The van der Waals surface area contributed by atoms with E-state index in [0.717, 1.165) is 18.2 Å². The van der Waals surface area contributed by atoms with Gasteiger partial charge in [0.2, 0.25) is 0 Å². The lowest BCUT2D eigenvalue weighted by atomic mass is 10.0. The van der Waals surface area contributed by atoms with E-state index >= 15 is 0 Å². The summed E-state index contributed by atoms with van der Waals surface area (Å²) in [4.78, 5) is 0. The van der Waals surface area contributed by atoms with Crippen molar-refractivity contribution >= 4 is 11.6 Å². The third-order valence-electron chi connectivity index (χ3n) is 2.32. The molecule has 2 aromatic carbocycles. The van der Waals surface area contributed by atoms with Gasteiger partial charge < -0.3 is 0 Å². The third kappa shape index (κ3) is 2.27. The van der Waals surface area contributed by atoms with E-state index in [0.29, 0.717) is 11.1 Å². The van der Waals surface area contributed by atoms with Crippen molar-refractivity contribution < 1.29 is 8.78 Å². The van der Waals surface area contributed by atoms with Gasteiger partial charge in [0.25, 0.3) is 0 Å². The van der Waals surface area contributed by atoms with Gasteiger partial charge in [0, 0.05) is 16.1 Å². The summed E-state index contributed by atoms with van der Waals surface area (Å²) < 4.78 is 26.6. The van der Waals surface area contributed by atoms with Crippen molar-refractivity contribution in [2.24, 2.45) is 0 Å². The second-order valence-electron chi connectivity index (χ2n) is 3.43. The van der Waals surface area contributed by atoms with E-state index in [9.17, 15) is 8.78 Å². The quantitative estimate of drug-likeness (QED) is 0.745. The second-order valence-corrected chi connectivity index (χ2v) is 3.84. The average molecular weight is 250 g/mol. The standard InChI is InChI=1S/C13H6ClF2N/c14-12-5-8(7-17)1-3-10(12)11-6-9(15)2-4-13(11)16/h1-6H. The van der Waals surface area contributed by atoms with Crippen LogP contribution in [0.3, 0.4) is 0 Å². The smallest absolute Gasteiger partial charge is 0.131 e. The fourth-order valence-electron chi connectivity index (χ4n) is 1.51. The molecule has 0 aliphatic carbocycles. The van der Waals surface area contributed by atoms with Gasteiger partial charge in [-0.1, -0.05) is 17.7 Å². The number of benzene rings is 2. The first-order valence-electron chi connectivity index (χ1n) is 4.77. The Morgan fingerprint density at radius 2 is 1.76 bits per heavy atom. The molecule has 0 unspecified atom stereocenters. The minimum atomic E-state index is -0.557. The minimum Gasteiger partial charge on any atom is -0.207 e. The summed E-state index contributed by atoms with van der Waals surface area (Å²) in [7, 11) is 0. The molecule has 0 amide bonds. The lowest BCUT2D eigenvalue weighted by Gasteiger charge is -2.06. The highest BCUT2D eigenvalue weighted by Crippen LogP contribution is 2.31. The first-order valence-corrected chi connectivity index (χ1v) is 5.14. The van der Waals surface area contributed by atoms with Crippen LogP contribution in [-0.2, 0) is 0 Å². The minimum absolute atomic E-state index is 0.0829. The van der Waals surface area contributed by atoms with Crippen LogP contribution in [0.5, 0.6) is 0 Å². The molecule has 0 saturated carbocycles. The van der Waals surface area contributed by atoms with Gasteiger partial charge >= 0.3 is 0 Å². The lowest BCUT2D eigenvalue weighted by Crippen LogP contribution is -1.88. The van der Waals surface area contributed by atoms with Crippen molar-refractivity contribution in [3.8, 4) is 17.2 Å². The largest absolute Gasteiger partial charge is 0.207 e. The lowest BCUT2D eigenvalue weighted by molar-refractivity contribution is 0.603. The summed E-state index contributed by atoms with van der Waals surface area (Å²) in [6, 6.07) is 9.49. The van der Waals surface area contributed by atoms with Crippen LogP contribution in [0.2, 0.25) is 5.02 Å². The van der Waals surface area contributed by atoms with Crippen molar-refractivity contribution in [1.29, 1.82) is 5.26 Å². The summed E-state index contributed by atoms with van der Waals surface area (Å²) in [6.07, 6.45) is 0. The van der Waals surface area contributed by atoms with Crippen LogP contribution in [0.15, 0.2) is 36.4 Å². The van der Waals surface area contributed by atoms with Crippen LogP contribution < -0.4 is 0 Å². The summed E-state index contributed by atoms with van der Waals surface area (Å²) in [5.74, 6) is -1.10. The molecule has 0 fully saturated rings. The van der Waals surface area contributed by atoms with Crippen LogP contribution >= 0.6 is 11.6 Å². The monoisotopic (exact) mass is 249 g/mol. The van der Waals surface area contributed by atoms with Crippen LogP contribution in [-0.4, -0.2) is 0 Å². The van der Waals surface area contributed by atoms with Crippen LogP contribution in [0.4, 0.5) is 8.78 Å². The van der Waals surface area contributed by atoms with Crippen LogP contribution in [0, 0.1) is 23.0 Å². The molecule has 4 heteroatoms. The zero-order valence-corrected chi connectivity index (χ0v) is 9.30. The summed E-state index contributed by atoms with van der Waals surface area (Å²) >= 11 is 5.93. The van der Waals surface area contributed by atoms with Gasteiger partial charge in [0.1, 0.15) is 11.6 Å². The Kier molecular flexibility index (Phi) is 3.08. The van der Waals surface area contributed by atoms with Gasteiger partial charge in [-0.2, -0.15) is 5.26 Å². The maximum atomic E-state index is 13.5. The Morgan fingerprint density at radius 1 is 1.00 bits per heavy atom. The molecule has 0 bridgehead atoms. The molecule has 1 nitrogen and oxygen atoms in total.